The van der Waals surface area contributed by atoms with Gasteiger partial charge < -0.3 is 10.2 Å². The van der Waals surface area contributed by atoms with E-state index < -0.39 is 0 Å². The first kappa shape index (κ1) is 10.3. The Hall–Kier alpha value is -0.830. The van der Waals surface area contributed by atoms with Gasteiger partial charge in [-0.15, -0.1) is 0 Å². The second-order valence-corrected chi connectivity index (χ2v) is 5.39. The molecule has 0 aromatic rings. The summed E-state index contributed by atoms with van der Waals surface area (Å²) in [5, 5.41) is 3.43. The van der Waals surface area contributed by atoms with E-state index in [0.717, 1.165) is 57.3 Å². The van der Waals surface area contributed by atoms with Crippen molar-refractivity contribution in [2.24, 2.45) is 17.8 Å². The summed E-state index contributed by atoms with van der Waals surface area (Å²) in [7, 11) is 0. The Kier molecular flexibility index (Phi) is 2.72. The Labute approximate surface area is 96.9 Å². The fourth-order valence-electron chi connectivity index (χ4n) is 3.47. The third-order valence-electron chi connectivity index (χ3n) is 4.37. The minimum absolute atomic E-state index is 0.323. The average Bonchev–Trinajstić information content (AvgIpc) is 2.89. The first-order chi connectivity index (χ1) is 7.84. The molecule has 1 N–H and O–H groups in total. The first-order valence-electron chi connectivity index (χ1n) is 6.49. The third kappa shape index (κ3) is 1.77. The molecule has 3 heteroatoms. The van der Waals surface area contributed by atoms with Crippen LogP contribution in [0.1, 0.15) is 19.3 Å². The van der Waals surface area contributed by atoms with Crippen molar-refractivity contribution in [2.45, 2.75) is 19.3 Å². The van der Waals surface area contributed by atoms with Crippen LogP contribution in [0.4, 0.5) is 0 Å². The normalized spacial score (nSPS) is 37.8. The van der Waals surface area contributed by atoms with Gasteiger partial charge in [0.2, 0.25) is 5.91 Å². The molecule has 16 heavy (non-hydrogen) atoms. The van der Waals surface area contributed by atoms with Gasteiger partial charge in [-0.2, -0.15) is 0 Å². The summed E-state index contributed by atoms with van der Waals surface area (Å²) in [5.41, 5.74) is 0. The topological polar surface area (TPSA) is 32.3 Å². The number of carbonyl (C=O) groups excluding carboxylic acids is 1. The lowest BCUT2D eigenvalue weighted by molar-refractivity contribution is -0.135. The van der Waals surface area contributed by atoms with Gasteiger partial charge in [0.15, 0.2) is 0 Å². The van der Waals surface area contributed by atoms with Crippen LogP contribution in [0.2, 0.25) is 0 Å². The van der Waals surface area contributed by atoms with Crippen LogP contribution in [0.5, 0.6) is 0 Å². The molecule has 1 saturated carbocycles. The van der Waals surface area contributed by atoms with Gasteiger partial charge in [-0.3, -0.25) is 4.79 Å². The molecule has 1 saturated heterocycles. The van der Waals surface area contributed by atoms with E-state index in [1.807, 2.05) is 4.90 Å². The molecule has 2 heterocycles. The van der Waals surface area contributed by atoms with Crippen molar-refractivity contribution >= 4 is 5.91 Å². The van der Waals surface area contributed by atoms with E-state index in [1.165, 1.54) is 0 Å². The second kappa shape index (κ2) is 4.21. The number of amides is 1. The molecule has 0 aromatic carbocycles. The maximum Gasteiger partial charge on any atom is 0.225 e. The molecular weight excluding hydrogens is 200 g/mol. The quantitative estimate of drug-likeness (QED) is 0.669. The Balaban J connectivity index is 1.61. The third-order valence-corrected chi connectivity index (χ3v) is 4.37. The zero-order valence-corrected chi connectivity index (χ0v) is 9.69. The Morgan fingerprint density at radius 3 is 2.56 bits per heavy atom. The lowest BCUT2D eigenvalue weighted by atomic mass is 10.0. The van der Waals surface area contributed by atoms with E-state index in [9.17, 15) is 4.79 Å². The smallest absolute Gasteiger partial charge is 0.225 e. The summed E-state index contributed by atoms with van der Waals surface area (Å²) in [4.78, 5) is 14.3. The fourth-order valence-corrected chi connectivity index (χ4v) is 3.47. The molecule has 3 atom stereocenters. The maximum atomic E-state index is 12.3. The van der Waals surface area contributed by atoms with Crippen LogP contribution in [0.3, 0.4) is 0 Å². The minimum Gasteiger partial charge on any atom is -0.338 e. The SMILES string of the molecule is O=C(C1C[C@H]2CNC[C@H]2C1)N1CC=CCC1. The zero-order chi connectivity index (χ0) is 11.0. The predicted molar refractivity (Wildman–Crippen MR) is 62.9 cm³/mol. The van der Waals surface area contributed by atoms with Gasteiger partial charge in [0.1, 0.15) is 0 Å². The highest BCUT2D eigenvalue weighted by atomic mass is 16.2. The van der Waals surface area contributed by atoms with Crippen molar-refractivity contribution in [1.82, 2.24) is 10.2 Å². The van der Waals surface area contributed by atoms with Crippen LogP contribution in [0.15, 0.2) is 12.2 Å². The highest BCUT2D eigenvalue weighted by molar-refractivity contribution is 5.79. The average molecular weight is 220 g/mol. The highest BCUT2D eigenvalue weighted by Crippen LogP contribution is 2.39. The standard InChI is InChI=1S/C13H20N2O/c16-13(15-4-2-1-3-5-15)10-6-11-8-14-9-12(11)7-10/h1-2,10-12,14H,3-9H2/t10?,11-,12+. The number of nitrogens with zero attached hydrogens (tertiary/aromatic N) is 1. The van der Waals surface area contributed by atoms with Crippen LogP contribution in [0.25, 0.3) is 0 Å². The van der Waals surface area contributed by atoms with Gasteiger partial charge >= 0.3 is 0 Å². The molecule has 88 valence electrons. The molecular formula is C13H20N2O. The molecule has 2 aliphatic heterocycles. The van der Waals surface area contributed by atoms with E-state index in [0.29, 0.717) is 11.8 Å². The molecule has 2 fully saturated rings. The highest BCUT2D eigenvalue weighted by Gasteiger charge is 2.41. The second-order valence-electron chi connectivity index (χ2n) is 5.39. The molecule has 0 bridgehead atoms. The van der Waals surface area contributed by atoms with Crippen molar-refractivity contribution < 1.29 is 4.79 Å². The Morgan fingerprint density at radius 1 is 1.19 bits per heavy atom. The maximum absolute atomic E-state index is 12.3. The number of rotatable bonds is 1. The van der Waals surface area contributed by atoms with Crippen LogP contribution in [-0.4, -0.2) is 37.0 Å². The molecule has 3 rings (SSSR count). The van der Waals surface area contributed by atoms with Crippen molar-refractivity contribution in [3.8, 4) is 0 Å². The van der Waals surface area contributed by atoms with Crippen molar-refractivity contribution in [1.29, 1.82) is 0 Å². The largest absolute Gasteiger partial charge is 0.338 e. The fraction of sp³-hybridized carbons (Fsp3) is 0.769. The summed E-state index contributed by atoms with van der Waals surface area (Å²) in [6, 6.07) is 0. The molecule has 1 aliphatic carbocycles. The molecule has 0 aromatic heterocycles. The van der Waals surface area contributed by atoms with Gasteiger partial charge in [-0.25, -0.2) is 0 Å². The van der Waals surface area contributed by atoms with E-state index in [4.69, 9.17) is 0 Å². The van der Waals surface area contributed by atoms with Crippen LogP contribution >= 0.6 is 0 Å². The predicted octanol–water partition coefficient (Wildman–Crippen LogP) is 1.02. The van der Waals surface area contributed by atoms with E-state index in [2.05, 4.69) is 17.5 Å². The molecule has 3 aliphatic rings. The van der Waals surface area contributed by atoms with Gasteiger partial charge in [0, 0.05) is 19.0 Å². The molecule has 3 nitrogen and oxygen atoms in total. The van der Waals surface area contributed by atoms with Crippen LogP contribution < -0.4 is 5.32 Å². The van der Waals surface area contributed by atoms with Crippen LogP contribution in [-0.2, 0) is 4.79 Å². The van der Waals surface area contributed by atoms with Gasteiger partial charge in [0.05, 0.1) is 0 Å². The molecule has 1 unspecified atom stereocenters. The lowest BCUT2D eigenvalue weighted by Crippen LogP contribution is -2.38. The number of nitrogens with one attached hydrogen (secondary N) is 1. The number of fused-ring (bicyclic) bond motifs is 1. The summed E-state index contributed by atoms with van der Waals surface area (Å²) in [6.45, 7) is 4.03. The Bertz CT molecular complexity index is 301. The molecule has 0 radical (unpaired) electrons. The van der Waals surface area contributed by atoms with Gasteiger partial charge in [-0.05, 0) is 44.2 Å². The summed E-state index contributed by atoms with van der Waals surface area (Å²) < 4.78 is 0. The van der Waals surface area contributed by atoms with E-state index >= 15 is 0 Å². The zero-order valence-electron chi connectivity index (χ0n) is 9.69. The first-order valence-corrected chi connectivity index (χ1v) is 6.49. The number of carbonyl (C=O) groups is 1. The number of hydrogen-bond acceptors (Lipinski definition) is 2. The van der Waals surface area contributed by atoms with E-state index in [-0.39, 0.29) is 0 Å². The Morgan fingerprint density at radius 2 is 1.94 bits per heavy atom. The number of hydrogen-bond donors (Lipinski definition) is 1. The molecule has 1 amide bonds. The lowest BCUT2D eigenvalue weighted by Gasteiger charge is -2.26. The van der Waals surface area contributed by atoms with Gasteiger partial charge in [-0.1, -0.05) is 12.2 Å². The van der Waals surface area contributed by atoms with Gasteiger partial charge in [0.25, 0.3) is 0 Å². The minimum atomic E-state index is 0.323. The monoisotopic (exact) mass is 220 g/mol. The summed E-state index contributed by atoms with van der Waals surface area (Å²) in [5.74, 6) is 2.28. The molecule has 0 spiro atoms. The van der Waals surface area contributed by atoms with Crippen molar-refractivity contribution in [3.05, 3.63) is 12.2 Å². The van der Waals surface area contributed by atoms with Crippen molar-refractivity contribution in [3.63, 3.8) is 0 Å². The van der Waals surface area contributed by atoms with E-state index in [1.54, 1.807) is 0 Å². The van der Waals surface area contributed by atoms with Crippen molar-refractivity contribution in [2.75, 3.05) is 26.2 Å². The summed E-state index contributed by atoms with van der Waals surface area (Å²) >= 11 is 0. The van der Waals surface area contributed by atoms with Crippen LogP contribution in [0, 0.1) is 17.8 Å². The summed E-state index contributed by atoms with van der Waals surface area (Å²) in [6.07, 6.45) is 7.58.